The van der Waals surface area contributed by atoms with Crippen molar-refractivity contribution in [1.29, 1.82) is 0 Å². The van der Waals surface area contributed by atoms with Crippen molar-refractivity contribution in [2.24, 2.45) is 5.92 Å². The number of nitrogens with zero attached hydrogens (tertiary/aromatic N) is 2. The van der Waals surface area contributed by atoms with E-state index in [1.165, 1.54) is 5.56 Å². The second kappa shape index (κ2) is 3.64. The van der Waals surface area contributed by atoms with Gasteiger partial charge in [-0.1, -0.05) is 20.8 Å². The highest BCUT2D eigenvalue weighted by Crippen LogP contribution is 2.30. The molecule has 0 aromatic carbocycles. The number of hydrogen-bond donors (Lipinski definition) is 0. The highest BCUT2D eigenvalue weighted by Gasteiger charge is 2.22. The van der Waals surface area contributed by atoms with Crippen LogP contribution in [0, 0.1) is 5.92 Å². The Kier molecular flexibility index (Phi) is 2.48. The lowest BCUT2D eigenvalue weighted by molar-refractivity contribution is 0.159. The van der Waals surface area contributed by atoms with E-state index in [4.69, 9.17) is 4.74 Å². The molecule has 1 aromatic rings. The Morgan fingerprint density at radius 3 is 3.07 bits per heavy atom. The number of hydrogen-bond acceptors (Lipinski definition) is 2. The monoisotopic (exact) mass is 194 g/mol. The third-order valence-corrected chi connectivity index (χ3v) is 2.90. The molecule has 0 N–H and O–H groups in total. The van der Waals surface area contributed by atoms with Gasteiger partial charge < -0.3 is 4.74 Å². The topological polar surface area (TPSA) is 27.1 Å². The summed E-state index contributed by atoms with van der Waals surface area (Å²) in [4.78, 5) is 0. The smallest absolute Gasteiger partial charge is 0.215 e. The van der Waals surface area contributed by atoms with Crippen LogP contribution < -0.4 is 4.74 Å². The predicted octanol–water partition coefficient (Wildman–Crippen LogP) is 2.43. The Morgan fingerprint density at radius 1 is 1.64 bits per heavy atom. The van der Waals surface area contributed by atoms with Crippen LogP contribution in [0.5, 0.6) is 5.88 Å². The lowest BCUT2D eigenvalue weighted by Gasteiger charge is -2.24. The van der Waals surface area contributed by atoms with Crippen molar-refractivity contribution in [3.8, 4) is 5.88 Å². The van der Waals surface area contributed by atoms with E-state index >= 15 is 0 Å². The normalized spacial score (nSPS) is 20.7. The summed E-state index contributed by atoms with van der Waals surface area (Å²) in [5, 5.41) is 4.37. The molecule has 78 valence electrons. The first-order valence-electron chi connectivity index (χ1n) is 5.40. The molecule has 3 heteroatoms. The van der Waals surface area contributed by atoms with Crippen molar-refractivity contribution in [3.63, 3.8) is 0 Å². The van der Waals surface area contributed by atoms with E-state index in [1.807, 2.05) is 10.9 Å². The Balaban J connectivity index is 2.25. The zero-order valence-corrected chi connectivity index (χ0v) is 9.16. The second-order valence-corrected chi connectivity index (χ2v) is 4.33. The molecule has 1 aliphatic rings. The van der Waals surface area contributed by atoms with Crippen LogP contribution in [0.25, 0.3) is 0 Å². The largest absolute Gasteiger partial charge is 0.477 e. The predicted molar refractivity (Wildman–Crippen MR) is 55.6 cm³/mol. The lowest BCUT2D eigenvalue weighted by atomic mass is 10.1. The fourth-order valence-corrected chi connectivity index (χ4v) is 1.81. The molecule has 0 fully saturated rings. The first kappa shape index (κ1) is 9.56. The van der Waals surface area contributed by atoms with Crippen molar-refractivity contribution in [1.82, 2.24) is 9.78 Å². The molecule has 1 unspecified atom stereocenters. The maximum Gasteiger partial charge on any atom is 0.215 e. The van der Waals surface area contributed by atoms with Crippen molar-refractivity contribution >= 4 is 0 Å². The SMILES string of the molecule is CCC1COc2c(C(C)C)cnn2C1. The summed E-state index contributed by atoms with van der Waals surface area (Å²) in [5.41, 5.74) is 1.24. The molecule has 0 saturated carbocycles. The van der Waals surface area contributed by atoms with Crippen LogP contribution >= 0.6 is 0 Å². The van der Waals surface area contributed by atoms with Gasteiger partial charge in [-0.05, 0) is 12.3 Å². The van der Waals surface area contributed by atoms with Crippen LogP contribution in [0.15, 0.2) is 6.20 Å². The van der Waals surface area contributed by atoms with E-state index in [2.05, 4.69) is 25.9 Å². The van der Waals surface area contributed by atoms with Crippen molar-refractivity contribution < 1.29 is 4.74 Å². The summed E-state index contributed by atoms with van der Waals surface area (Å²) >= 11 is 0. The molecule has 1 aromatic heterocycles. The van der Waals surface area contributed by atoms with Gasteiger partial charge in [0, 0.05) is 11.5 Å². The number of fused-ring (bicyclic) bond motifs is 1. The first-order valence-corrected chi connectivity index (χ1v) is 5.40. The summed E-state index contributed by atoms with van der Waals surface area (Å²) in [6.07, 6.45) is 3.11. The van der Waals surface area contributed by atoms with Crippen LogP contribution in [0.3, 0.4) is 0 Å². The van der Waals surface area contributed by atoms with E-state index in [9.17, 15) is 0 Å². The quantitative estimate of drug-likeness (QED) is 0.723. The van der Waals surface area contributed by atoms with Gasteiger partial charge in [-0.25, -0.2) is 4.68 Å². The van der Waals surface area contributed by atoms with Gasteiger partial charge in [-0.2, -0.15) is 5.10 Å². The molecule has 0 saturated heterocycles. The van der Waals surface area contributed by atoms with Crippen LogP contribution in [-0.4, -0.2) is 16.4 Å². The maximum atomic E-state index is 5.76. The molecule has 2 heterocycles. The highest BCUT2D eigenvalue weighted by molar-refractivity contribution is 5.28. The van der Waals surface area contributed by atoms with Gasteiger partial charge in [0.05, 0.1) is 19.3 Å². The Hall–Kier alpha value is -0.990. The molecule has 0 spiro atoms. The fraction of sp³-hybridized carbons (Fsp3) is 0.727. The van der Waals surface area contributed by atoms with Crippen molar-refractivity contribution in [2.45, 2.75) is 39.7 Å². The van der Waals surface area contributed by atoms with Gasteiger partial charge in [0.15, 0.2) is 0 Å². The summed E-state index contributed by atoms with van der Waals surface area (Å²) in [7, 11) is 0. The third-order valence-electron chi connectivity index (χ3n) is 2.90. The van der Waals surface area contributed by atoms with E-state index in [0.29, 0.717) is 11.8 Å². The summed E-state index contributed by atoms with van der Waals surface area (Å²) in [6.45, 7) is 8.41. The number of aromatic nitrogens is 2. The molecule has 3 nitrogen and oxygen atoms in total. The molecule has 0 bridgehead atoms. The third kappa shape index (κ3) is 1.51. The Bertz CT molecular complexity index is 317. The van der Waals surface area contributed by atoms with Gasteiger partial charge in [0.1, 0.15) is 0 Å². The minimum Gasteiger partial charge on any atom is -0.477 e. The second-order valence-electron chi connectivity index (χ2n) is 4.33. The Morgan fingerprint density at radius 2 is 2.43 bits per heavy atom. The van der Waals surface area contributed by atoms with Gasteiger partial charge in [0.2, 0.25) is 5.88 Å². The minimum atomic E-state index is 0.497. The average Bonchev–Trinajstić information content (AvgIpc) is 2.59. The van der Waals surface area contributed by atoms with Crippen LogP contribution in [-0.2, 0) is 6.54 Å². The van der Waals surface area contributed by atoms with E-state index in [1.54, 1.807) is 0 Å². The molecule has 14 heavy (non-hydrogen) atoms. The van der Waals surface area contributed by atoms with Gasteiger partial charge in [0.25, 0.3) is 0 Å². The molecule has 0 amide bonds. The summed E-state index contributed by atoms with van der Waals surface area (Å²) in [5.74, 6) is 2.11. The standard InChI is InChI=1S/C11H18N2O/c1-4-9-6-13-11(14-7-9)10(5-12-13)8(2)3/h5,8-9H,4,6-7H2,1-3H3. The maximum absolute atomic E-state index is 5.76. The highest BCUT2D eigenvalue weighted by atomic mass is 16.5. The number of rotatable bonds is 2. The van der Waals surface area contributed by atoms with Gasteiger partial charge >= 0.3 is 0 Å². The average molecular weight is 194 g/mol. The fourth-order valence-electron chi connectivity index (χ4n) is 1.81. The molecule has 1 atom stereocenters. The zero-order chi connectivity index (χ0) is 10.1. The van der Waals surface area contributed by atoms with Gasteiger partial charge in [-0.3, -0.25) is 0 Å². The molecular weight excluding hydrogens is 176 g/mol. The number of ether oxygens (including phenoxy) is 1. The van der Waals surface area contributed by atoms with E-state index in [-0.39, 0.29) is 0 Å². The molecule has 1 aliphatic heterocycles. The Labute approximate surface area is 85.1 Å². The molecule has 0 aliphatic carbocycles. The zero-order valence-electron chi connectivity index (χ0n) is 9.16. The summed E-state index contributed by atoms with van der Waals surface area (Å²) < 4.78 is 7.77. The van der Waals surface area contributed by atoms with Gasteiger partial charge in [-0.15, -0.1) is 0 Å². The first-order chi connectivity index (χ1) is 6.72. The van der Waals surface area contributed by atoms with Crippen LogP contribution in [0.1, 0.15) is 38.7 Å². The molecule has 2 rings (SSSR count). The molecular formula is C11H18N2O. The van der Waals surface area contributed by atoms with E-state index < -0.39 is 0 Å². The minimum absolute atomic E-state index is 0.497. The lowest BCUT2D eigenvalue weighted by Crippen LogP contribution is -2.25. The van der Waals surface area contributed by atoms with Crippen LogP contribution in [0.2, 0.25) is 0 Å². The van der Waals surface area contributed by atoms with Crippen molar-refractivity contribution in [2.75, 3.05) is 6.61 Å². The van der Waals surface area contributed by atoms with E-state index in [0.717, 1.165) is 25.5 Å². The summed E-state index contributed by atoms with van der Waals surface area (Å²) in [6, 6.07) is 0. The molecule has 0 radical (unpaired) electrons. The van der Waals surface area contributed by atoms with Crippen LogP contribution in [0.4, 0.5) is 0 Å². The van der Waals surface area contributed by atoms with Crippen molar-refractivity contribution in [3.05, 3.63) is 11.8 Å².